The van der Waals surface area contributed by atoms with Gasteiger partial charge < -0.3 is 10.2 Å². The molecule has 3 aliphatic heterocycles. The fourth-order valence-electron chi connectivity index (χ4n) is 4.86. The van der Waals surface area contributed by atoms with Crippen LogP contribution in [-0.2, 0) is 20.2 Å². The Hall–Kier alpha value is -2.13. The van der Waals surface area contributed by atoms with Crippen LogP contribution in [0.4, 0.5) is 10.5 Å². The van der Waals surface area contributed by atoms with E-state index < -0.39 is 22.1 Å². The Balaban J connectivity index is 1.30. The third-order valence-electron chi connectivity index (χ3n) is 6.48. The number of sulfonamides is 1. The van der Waals surface area contributed by atoms with E-state index in [1.165, 1.54) is 6.26 Å². The molecular weight excluding hydrogens is 392 g/mol. The van der Waals surface area contributed by atoms with Crippen LogP contribution >= 0.6 is 0 Å². The highest BCUT2D eigenvalue weighted by Gasteiger charge is 2.46. The van der Waals surface area contributed by atoms with E-state index in [4.69, 9.17) is 0 Å². The summed E-state index contributed by atoms with van der Waals surface area (Å²) >= 11 is 0. The van der Waals surface area contributed by atoms with Gasteiger partial charge in [0.15, 0.2) is 0 Å². The average molecular weight is 421 g/mol. The van der Waals surface area contributed by atoms with Crippen LogP contribution < -0.4 is 14.9 Å². The number of imide groups is 1. The van der Waals surface area contributed by atoms with Crippen LogP contribution in [0.1, 0.15) is 37.7 Å². The summed E-state index contributed by atoms with van der Waals surface area (Å²) in [6, 6.07) is 7.09. The van der Waals surface area contributed by atoms with Gasteiger partial charge >= 0.3 is 6.03 Å². The molecule has 3 heterocycles. The molecule has 1 unspecified atom stereocenters. The van der Waals surface area contributed by atoms with Gasteiger partial charge in [-0.25, -0.2) is 13.2 Å². The minimum Gasteiger partial charge on any atom is -0.326 e. The molecule has 3 amide bonds. The Kier molecular flexibility index (Phi) is 5.29. The van der Waals surface area contributed by atoms with E-state index in [-0.39, 0.29) is 11.3 Å². The summed E-state index contributed by atoms with van der Waals surface area (Å²) < 4.78 is 26.1. The number of fused-ring (bicyclic) bond motifs is 2. The summed E-state index contributed by atoms with van der Waals surface area (Å²) in [6.07, 6.45) is 5.68. The highest BCUT2D eigenvalue weighted by molar-refractivity contribution is 7.92. The SMILES string of the molecule is CS(=O)(=O)N1CC2(CCN(CCCCC3NC(=O)NC3=O)CC2)c2ccccc21. The van der Waals surface area contributed by atoms with Gasteiger partial charge in [0.2, 0.25) is 10.0 Å². The van der Waals surface area contributed by atoms with Crippen molar-refractivity contribution >= 4 is 27.6 Å². The molecule has 2 saturated heterocycles. The molecule has 2 N–H and O–H groups in total. The summed E-state index contributed by atoms with van der Waals surface area (Å²) in [4.78, 5) is 25.1. The number of nitrogens with zero attached hydrogens (tertiary/aromatic N) is 2. The molecule has 9 heteroatoms. The Morgan fingerprint density at radius 3 is 2.52 bits per heavy atom. The van der Waals surface area contributed by atoms with Gasteiger partial charge in [0, 0.05) is 12.0 Å². The molecular formula is C20H28N4O4S. The number of nitrogens with one attached hydrogen (secondary N) is 2. The minimum atomic E-state index is -3.28. The standard InChI is InChI=1S/C20H28N4O4S/c1-29(27,28)24-14-20(15-6-2-3-8-17(15)24)9-12-23(13-10-20)11-5-4-7-16-18(25)22-19(26)21-16/h2-3,6,8,16H,4-5,7,9-14H2,1H3,(H2,21,22,25,26). The lowest BCUT2D eigenvalue weighted by molar-refractivity contribution is -0.120. The smallest absolute Gasteiger partial charge is 0.322 e. The topological polar surface area (TPSA) is 98.8 Å². The second kappa shape index (κ2) is 7.60. The first kappa shape index (κ1) is 20.2. The minimum absolute atomic E-state index is 0.0949. The van der Waals surface area contributed by atoms with E-state index in [1.807, 2.05) is 18.2 Å². The molecule has 0 aliphatic carbocycles. The van der Waals surface area contributed by atoms with Crippen molar-refractivity contribution in [3.63, 3.8) is 0 Å². The Morgan fingerprint density at radius 1 is 1.14 bits per heavy atom. The van der Waals surface area contributed by atoms with E-state index in [0.717, 1.165) is 56.6 Å². The van der Waals surface area contributed by atoms with Crippen LogP contribution in [-0.4, -0.2) is 63.7 Å². The molecule has 1 aromatic carbocycles. The van der Waals surface area contributed by atoms with Crippen molar-refractivity contribution in [1.29, 1.82) is 0 Å². The Bertz CT molecular complexity index is 909. The van der Waals surface area contributed by atoms with Crippen molar-refractivity contribution in [1.82, 2.24) is 15.5 Å². The zero-order valence-corrected chi connectivity index (χ0v) is 17.5. The third kappa shape index (κ3) is 3.98. The van der Waals surface area contributed by atoms with Gasteiger partial charge in [0.05, 0.1) is 11.9 Å². The van der Waals surface area contributed by atoms with Crippen molar-refractivity contribution in [3.05, 3.63) is 29.8 Å². The molecule has 1 atom stereocenters. The summed E-state index contributed by atoms with van der Waals surface area (Å²) in [7, 11) is -3.28. The van der Waals surface area contributed by atoms with Crippen molar-refractivity contribution in [2.24, 2.45) is 0 Å². The first-order chi connectivity index (χ1) is 13.8. The largest absolute Gasteiger partial charge is 0.326 e. The monoisotopic (exact) mass is 420 g/mol. The fourth-order valence-corrected chi connectivity index (χ4v) is 5.86. The van der Waals surface area contributed by atoms with Crippen molar-refractivity contribution in [2.45, 2.75) is 43.6 Å². The molecule has 8 nitrogen and oxygen atoms in total. The number of carbonyl (C=O) groups is 2. The van der Waals surface area contributed by atoms with Crippen LogP contribution in [0.3, 0.4) is 0 Å². The van der Waals surface area contributed by atoms with Gasteiger partial charge in [-0.2, -0.15) is 0 Å². The fraction of sp³-hybridized carbons (Fsp3) is 0.600. The molecule has 0 saturated carbocycles. The predicted molar refractivity (Wildman–Crippen MR) is 110 cm³/mol. The summed E-state index contributed by atoms with van der Waals surface area (Å²) in [5.74, 6) is -0.231. The van der Waals surface area contributed by atoms with E-state index in [2.05, 4.69) is 21.6 Å². The first-order valence-corrected chi connectivity index (χ1v) is 12.0. The van der Waals surface area contributed by atoms with E-state index in [0.29, 0.717) is 13.0 Å². The zero-order chi connectivity index (χ0) is 20.6. The number of para-hydroxylation sites is 1. The van der Waals surface area contributed by atoms with Crippen LogP contribution in [0, 0.1) is 0 Å². The maximum atomic E-state index is 12.3. The number of hydrogen-bond acceptors (Lipinski definition) is 5. The zero-order valence-electron chi connectivity index (χ0n) is 16.7. The highest BCUT2D eigenvalue weighted by atomic mass is 32.2. The molecule has 2 fully saturated rings. The molecule has 29 heavy (non-hydrogen) atoms. The summed E-state index contributed by atoms with van der Waals surface area (Å²) in [5.41, 5.74) is 1.90. The number of amides is 3. The number of benzene rings is 1. The van der Waals surface area contributed by atoms with E-state index in [9.17, 15) is 18.0 Å². The lowest BCUT2D eigenvalue weighted by Crippen LogP contribution is -2.46. The number of rotatable bonds is 6. The molecule has 1 spiro atoms. The lowest BCUT2D eigenvalue weighted by atomic mass is 9.74. The Labute approximate surface area is 171 Å². The van der Waals surface area contributed by atoms with Gasteiger partial charge in [0.25, 0.3) is 5.91 Å². The normalized spacial score (nSPS) is 23.9. The first-order valence-electron chi connectivity index (χ1n) is 10.2. The molecule has 0 bridgehead atoms. The van der Waals surface area contributed by atoms with Crippen molar-refractivity contribution in [2.75, 3.05) is 36.7 Å². The van der Waals surface area contributed by atoms with Crippen LogP contribution in [0.25, 0.3) is 0 Å². The molecule has 0 aromatic heterocycles. The third-order valence-corrected chi connectivity index (χ3v) is 7.61. The number of carbonyl (C=O) groups excluding carboxylic acids is 2. The maximum absolute atomic E-state index is 12.3. The second-order valence-corrected chi connectivity index (χ2v) is 10.3. The van der Waals surface area contributed by atoms with Gasteiger partial charge in [-0.15, -0.1) is 0 Å². The van der Waals surface area contributed by atoms with Gasteiger partial charge in [-0.05, 0) is 63.4 Å². The molecule has 0 radical (unpaired) electrons. The molecule has 3 aliphatic rings. The number of piperidine rings is 1. The van der Waals surface area contributed by atoms with Gasteiger partial charge in [-0.1, -0.05) is 18.2 Å². The van der Waals surface area contributed by atoms with E-state index in [1.54, 1.807) is 4.31 Å². The molecule has 4 rings (SSSR count). The van der Waals surface area contributed by atoms with Crippen LogP contribution in [0.2, 0.25) is 0 Å². The lowest BCUT2D eigenvalue weighted by Gasteiger charge is -2.40. The molecule has 158 valence electrons. The Morgan fingerprint density at radius 2 is 1.86 bits per heavy atom. The maximum Gasteiger partial charge on any atom is 0.322 e. The van der Waals surface area contributed by atoms with Crippen molar-refractivity contribution < 1.29 is 18.0 Å². The number of hydrogen-bond donors (Lipinski definition) is 2. The van der Waals surface area contributed by atoms with Crippen molar-refractivity contribution in [3.8, 4) is 0 Å². The highest BCUT2D eigenvalue weighted by Crippen LogP contribution is 2.47. The van der Waals surface area contributed by atoms with Gasteiger partial charge in [0.1, 0.15) is 6.04 Å². The number of urea groups is 1. The number of unbranched alkanes of at least 4 members (excludes halogenated alkanes) is 1. The molecule has 1 aromatic rings. The number of anilines is 1. The number of likely N-dealkylation sites (tertiary alicyclic amines) is 1. The van der Waals surface area contributed by atoms with Crippen LogP contribution in [0.5, 0.6) is 0 Å². The summed E-state index contributed by atoms with van der Waals surface area (Å²) in [6.45, 7) is 3.37. The predicted octanol–water partition coefficient (Wildman–Crippen LogP) is 1.18. The van der Waals surface area contributed by atoms with Crippen LogP contribution in [0.15, 0.2) is 24.3 Å². The quantitative estimate of drug-likeness (QED) is 0.532. The van der Waals surface area contributed by atoms with Gasteiger partial charge in [-0.3, -0.25) is 14.4 Å². The average Bonchev–Trinajstić information content (AvgIpc) is 3.18. The second-order valence-electron chi connectivity index (χ2n) is 8.42. The van der Waals surface area contributed by atoms with E-state index >= 15 is 0 Å². The summed E-state index contributed by atoms with van der Waals surface area (Å²) in [5, 5.41) is 4.89.